The second kappa shape index (κ2) is 10.4. The minimum absolute atomic E-state index is 0.242. The number of halogens is 2. The molecule has 0 atom stereocenters. The van der Waals surface area contributed by atoms with E-state index in [1.807, 2.05) is 18.2 Å². The Morgan fingerprint density at radius 2 is 1.80 bits per heavy atom. The van der Waals surface area contributed by atoms with Crippen LogP contribution in [0.25, 0.3) is 0 Å². The third kappa shape index (κ3) is 6.65. The maximum absolute atomic E-state index is 13.0. The molecule has 0 spiro atoms. The lowest BCUT2D eigenvalue weighted by atomic mass is 10.2. The minimum Gasteiger partial charge on any atom is -0.489 e. The van der Waals surface area contributed by atoms with Crippen molar-refractivity contribution in [2.24, 2.45) is 0 Å². The number of ether oxygens (including phenoxy) is 1. The molecule has 0 aliphatic rings. The van der Waals surface area contributed by atoms with Crippen LogP contribution in [0.1, 0.15) is 25.0 Å². The van der Waals surface area contributed by atoms with Gasteiger partial charge in [0, 0.05) is 30.2 Å². The van der Waals surface area contributed by atoms with Gasteiger partial charge in [-0.2, -0.15) is 0 Å². The minimum atomic E-state index is -0.242. The Labute approximate surface area is 154 Å². The molecule has 0 radical (unpaired) electrons. The van der Waals surface area contributed by atoms with Crippen LogP contribution in [0, 0.1) is 5.82 Å². The lowest BCUT2D eigenvalue weighted by molar-refractivity contribution is 0.295. The number of hydrogen-bond acceptors (Lipinski definition) is 3. The largest absolute Gasteiger partial charge is 0.489 e. The maximum Gasteiger partial charge on any atom is 0.124 e. The van der Waals surface area contributed by atoms with Gasteiger partial charge in [0.2, 0.25) is 0 Å². The van der Waals surface area contributed by atoms with Crippen molar-refractivity contribution in [3.63, 3.8) is 0 Å². The Morgan fingerprint density at radius 3 is 2.48 bits per heavy atom. The zero-order chi connectivity index (χ0) is 18.1. The summed E-state index contributed by atoms with van der Waals surface area (Å²) < 4.78 is 18.9. The van der Waals surface area contributed by atoms with E-state index in [9.17, 15) is 4.39 Å². The van der Waals surface area contributed by atoms with Gasteiger partial charge in [-0.15, -0.1) is 0 Å². The van der Waals surface area contributed by atoms with E-state index in [0.717, 1.165) is 43.1 Å². The molecule has 0 unspecified atom stereocenters. The predicted octanol–water partition coefficient (Wildman–Crippen LogP) is 4.49. The number of nitrogens with one attached hydrogen (secondary N) is 1. The third-order valence-electron chi connectivity index (χ3n) is 4.14. The molecular weight excluding hydrogens is 339 g/mol. The normalized spacial score (nSPS) is 11.1. The number of rotatable bonds is 10. The van der Waals surface area contributed by atoms with Gasteiger partial charge in [0.1, 0.15) is 18.2 Å². The van der Waals surface area contributed by atoms with Gasteiger partial charge in [-0.25, -0.2) is 4.39 Å². The molecule has 2 aromatic rings. The van der Waals surface area contributed by atoms with Crippen LogP contribution in [0.4, 0.5) is 4.39 Å². The summed E-state index contributed by atoms with van der Waals surface area (Å²) in [7, 11) is 0. The summed E-state index contributed by atoms with van der Waals surface area (Å²) >= 11 is 6.13. The molecule has 0 heterocycles. The zero-order valence-corrected chi connectivity index (χ0v) is 15.7. The topological polar surface area (TPSA) is 24.5 Å². The maximum atomic E-state index is 13.0. The summed E-state index contributed by atoms with van der Waals surface area (Å²) in [6, 6.07) is 12.0. The van der Waals surface area contributed by atoms with Crippen LogP contribution in [0.2, 0.25) is 5.02 Å². The first kappa shape index (κ1) is 19.7. The van der Waals surface area contributed by atoms with Crippen LogP contribution < -0.4 is 10.1 Å². The fourth-order valence-electron chi connectivity index (χ4n) is 2.57. The molecule has 0 amide bonds. The zero-order valence-electron chi connectivity index (χ0n) is 14.9. The fourth-order valence-corrected chi connectivity index (χ4v) is 2.76. The number of nitrogens with zero attached hydrogens (tertiary/aromatic N) is 1. The summed E-state index contributed by atoms with van der Waals surface area (Å²) in [6.07, 6.45) is 0. The molecule has 5 heteroatoms. The van der Waals surface area contributed by atoms with Crippen LogP contribution in [-0.4, -0.2) is 31.1 Å². The summed E-state index contributed by atoms with van der Waals surface area (Å²) in [5, 5.41) is 4.13. The molecule has 0 bridgehead atoms. The number of hydrogen-bond donors (Lipinski definition) is 1. The lowest BCUT2D eigenvalue weighted by Gasteiger charge is -2.18. The lowest BCUT2D eigenvalue weighted by Crippen LogP contribution is -2.31. The average Bonchev–Trinajstić information content (AvgIpc) is 2.62. The van der Waals surface area contributed by atoms with E-state index in [-0.39, 0.29) is 5.82 Å². The van der Waals surface area contributed by atoms with E-state index in [1.165, 1.54) is 12.1 Å². The van der Waals surface area contributed by atoms with E-state index < -0.39 is 0 Å². The Morgan fingerprint density at radius 1 is 1.08 bits per heavy atom. The Kier molecular flexibility index (Phi) is 8.19. The van der Waals surface area contributed by atoms with Crippen molar-refractivity contribution in [1.82, 2.24) is 10.2 Å². The van der Waals surface area contributed by atoms with Crippen molar-refractivity contribution < 1.29 is 9.13 Å². The third-order valence-corrected chi connectivity index (χ3v) is 4.38. The highest BCUT2D eigenvalue weighted by Gasteiger charge is 2.06. The first-order valence-electron chi connectivity index (χ1n) is 8.71. The van der Waals surface area contributed by atoms with E-state index in [0.29, 0.717) is 18.2 Å². The number of likely N-dealkylation sites (N-methyl/N-ethyl adjacent to an activating group) is 1. The molecule has 2 rings (SSSR count). The van der Waals surface area contributed by atoms with Gasteiger partial charge in [0.25, 0.3) is 0 Å². The first-order valence-corrected chi connectivity index (χ1v) is 9.09. The highest BCUT2D eigenvalue weighted by molar-refractivity contribution is 6.30. The van der Waals surface area contributed by atoms with E-state index >= 15 is 0 Å². The van der Waals surface area contributed by atoms with Crippen molar-refractivity contribution in [3.05, 3.63) is 64.4 Å². The smallest absolute Gasteiger partial charge is 0.124 e. The second-order valence-corrected chi connectivity index (χ2v) is 6.31. The summed E-state index contributed by atoms with van der Waals surface area (Å²) in [5.74, 6) is 0.553. The molecule has 0 saturated heterocycles. The van der Waals surface area contributed by atoms with Gasteiger partial charge >= 0.3 is 0 Å². The number of benzene rings is 2. The Balaban J connectivity index is 1.91. The van der Waals surface area contributed by atoms with Gasteiger partial charge < -0.3 is 15.0 Å². The summed E-state index contributed by atoms with van der Waals surface area (Å²) in [6.45, 7) is 9.46. The van der Waals surface area contributed by atoms with E-state index in [2.05, 4.69) is 24.1 Å². The first-order chi connectivity index (χ1) is 12.1. The van der Waals surface area contributed by atoms with Gasteiger partial charge in [-0.05, 0) is 49.0 Å². The molecule has 0 aliphatic heterocycles. The van der Waals surface area contributed by atoms with Crippen LogP contribution in [0.5, 0.6) is 5.75 Å². The van der Waals surface area contributed by atoms with Gasteiger partial charge in [-0.3, -0.25) is 0 Å². The van der Waals surface area contributed by atoms with Crippen molar-refractivity contribution in [2.45, 2.75) is 27.0 Å². The highest BCUT2D eigenvalue weighted by Crippen LogP contribution is 2.24. The van der Waals surface area contributed by atoms with E-state index in [1.54, 1.807) is 12.1 Å². The molecule has 0 aromatic heterocycles. The predicted molar refractivity (Wildman–Crippen MR) is 102 cm³/mol. The van der Waals surface area contributed by atoms with Crippen molar-refractivity contribution in [2.75, 3.05) is 26.2 Å². The van der Waals surface area contributed by atoms with E-state index in [4.69, 9.17) is 16.3 Å². The quantitative estimate of drug-likeness (QED) is 0.629. The molecule has 1 N–H and O–H groups in total. The molecule has 0 saturated carbocycles. The second-order valence-electron chi connectivity index (χ2n) is 5.87. The van der Waals surface area contributed by atoms with Crippen molar-refractivity contribution in [3.8, 4) is 5.75 Å². The van der Waals surface area contributed by atoms with Gasteiger partial charge in [0.15, 0.2) is 0 Å². The molecule has 0 aliphatic carbocycles. The van der Waals surface area contributed by atoms with Crippen LogP contribution >= 0.6 is 11.6 Å². The molecule has 25 heavy (non-hydrogen) atoms. The molecular formula is C20H26ClFN2O. The average molecular weight is 365 g/mol. The van der Waals surface area contributed by atoms with Crippen LogP contribution in [-0.2, 0) is 13.2 Å². The van der Waals surface area contributed by atoms with Crippen molar-refractivity contribution in [1.29, 1.82) is 0 Å². The summed E-state index contributed by atoms with van der Waals surface area (Å²) in [4.78, 5) is 2.37. The van der Waals surface area contributed by atoms with Gasteiger partial charge in [-0.1, -0.05) is 37.6 Å². The molecule has 136 valence electrons. The Bertz CT molecular complexity index is 645. The monoisotopic (exact) mass is 364 g/mol. The Hall–Kier alpha value is -1.62. The highest BCUT2D eigenvalue weighted by atomic mass is 35.5. The standard InChI is InChI=1S/C20H26ClFN2O/c1-3-24(4-2)12-11-23-14-17-13-18(21)7-10-20(17)25-15-16-5-8-19(22)9-6-16/h5-10,13,23H,3-4,11-12,14-15H2,1-2H3. The summed E-state index contributed by atoms with van der Waals surface area (Å²) in [5.41, 5.74) is 1.95. The fraction of sp³-hybridized carbons (Fsp3) is 0.400. The van der Waals surface area contributed by atoms with Gasteiger partial charge in [0.05, 0.1) is 0 Å². The van der Waals surface area contributed by atoms with Crippen LogP contribution in [0.15, 0.2) is 42.5 Å². The molecule has 3 nitrogen and oxygen atoms in total. The van der Waals surface area contributed by atoms with Crippen molar-refractivity contribution >= 4 is 11.6 Å². The molecule has 0 fully saturated rings. The SMILES string of the molecule is CCN(CC)CCNCc1cc(Cl)ccc1OCc1ccc(F)cc1. The molecule has 2 aromatic carbocycles. The van der Waals surface area contributed by atoms with Crippen LogP contribution in [0.3, 0.4) is 0 Å².